The molecule has 0 spiro atoms. The van der Waals surface area contributed by atoms with Gasteiger partial charge < -0.3 is 25.5 Å². The highest BCUT2D eigenvalue weighted by atomic mass is 16.4. The molecule has 2 aromatic rings. The number of ketones is 1. The molecule has 0 saturated heterocycles. The van der Waals surface area contributed by atoms with Gasteiger partial charge in [-0.25, -0.2) is 14.4 Å². The Kier molecular flexibility index (Phi) is 5.67. The van der Waals surface area contributed by atoms with E-state index in [1.54, 1.807) is 0 Å². The summed E-state index contributed by atoms with van der Waals surface area (Å²) in [6, 6.07) is 6.23. The van der Waals surface area contributed by atoms with Crippen LogP contribution in [0.3, 0.4) is 0 Å². The maximum atomic E-state index is 11.9. The first-order valence-corrected chi connectivity index (χ1v) is 9.07. The number of hydrogen-bond acceptors (Lipinski definition) is 6. The van der Waals surface area contributed by atoms with Crippen LogP contribution in [-0.2, 0) is 9.59 Å². The van der Waals surface area contributed by atoms with E-state index in [1.165, 1.54) is 25.1 Å². The summed E-state index contributed by atoms with van der Waals surface area (Å²) in [5.74, 6) is -6.01. The third-order valence-electron chi connectivity index (χ3n) is 4.83. The summed E-state index contributed by atoms with van der Waals surface area (Å²) in [7, 11) is 0. The average Bonchev–Trinajstić information content (AvgIpc) is 2.72. The summed E-state index contributed by atoms with van der Waals surface area (Å²) in [5.41, 5.74) is -0.390. The van der Waals surface area contributed by atoms with Gasteiger partial charge >= 0.3 is 17.9 Å². The molecule has 0 atom stereocenters. The highest BCUT2D eigenvalue weighted by molar-refractivity contribution is 6.23. The molecule has 5 N–H and O–H groups in total. The molecule has 0 bridgehead atoms. The van der Waals surface area contributed by atoms with E-state index in [1.807, 2.05) is 0 Å². The van der Waals surface area contributed by atoms with Crippen molar-refractivity contribution in [1.29, 1.82) is 0 Å². The Balaban J connectivity index is 2.42. The molecule has 162 valence electrons. The van der Waals surface area contributed by atoms with Gasteiger partial charge in [0.1, 0.15) is 28.2 Å². The predicted molar refractivity (Wildman–Crippen MR) is 111 cm³/mol. The van der Waals surface area contributed by atoms with Gasteiger partial charge in [0.2, 0.25) is 0 Å². The third kappa shape index (κ3) is 3.99. The number of aryl methyl sites for hydroxylation is 1. The van der Waals surface area contributed by atoms with Crippen molar-refractivity contribution in [3.8, 4) is 11.5 Å². The van der Waals surface area contributed by atoms with E-state index < -0.39 is 51.9 Å². The fourth-order valence-electron chi connectivity index (χ4n) is 3.30. The van der Waals surface area contributed by atoms with Crippen LogP contribution >= 0.6 is 0 Å². The van der Waals surface area contributed by atoms with E-state index in [-0.39, 0.29) is 27.8 Å². The second-order valence-corrected chi connectivity index (χ2v) is 6.92. The van der Waals surface area contributed by atoms with E-state index in [2.05, 4.69) is 0 Å². The Bertz CT molecular complexity index is 1290. The van der Waals surface area contributed by atoms with Crippen LogP contribution in [0.25, 0.3) is 5.57 Å². The minimum absolute atomic E-state index is 0.186. The lowest BCUT2D eigenvalue weighted by atomic mass is 9.87. The molecule has 2 aromatic carbocycles. The number of rotatable bonds is 5. The lowest BCUT2D eigenvalue weighted by Gasteiger charge is -2.17. The molecular formula is C23H16O9. The van der Waals surface area contributed by atoms with Crippen LogP contribution in [0.4, 0.5) is 0 Å². The van der Waals surface area contributed by atoms with Crippen molar-refractivity contribution in [2.75, 3.05) is 0 Å². The normalized spacial score (nSPS) is 14.7. The standard InChI is InChI=1S/C23H16O9/c1-10-6-13(9-16(20(10)26)23(31)32)19(11-2-4-17(24)14(7-11)21(27)28)12-3-5-18(25)15(8-12)22(29)30/h2-9,24,26H,1H3,(H,27,28)(H,29,30)(H,31,32)/b19-12+. The number of allylic oxidation sites excluding steroid dienone is 4. The van der Waals surface area contributed by atoms with E-state index in [4.69, 9.17) is 0 Å². The second kappa shape index (κ2) is 8.23. The highest BCUT2D eigenvalue weighted by Crippen LogP contribution is 2.36. The molecule has 0 saturated carbocycles. The molecule has 0 fully saturated rings. The van der Waals surface area contributed by atoms with Gasteiger partial charge in [0.25, 0.3) is 0 Å². The Morgan fingerprint density at radius 1 is 0.781 bits per heavy atom. The molecule has 0 heterocycles. The van der Waals surface area contributed by atoms with Crippen molar-refractivity contribution >= 4 is 29.3 Å². The lowest BCUT2D eigenvalue weighted by Crippen LogP contribution is -2.13. The molecule has 9 heteroatoms. The number of hydrogen-bond donors (Lipinski definition) is 5. The largest absolute Gasteiger partial charge is 0.507 e. The molecule has 0 aliphatic heterocycles. The number of carbonyl (C=O) groups is 4. The number of aromatic carboxylic acids is 2. The minimum atomic E-state index is -1.47. The number of phenols is 2. The molecule has 3 rings (SSSR count). The molecule has 0 unspecified atom stereocenters. The predicted octanol–water partition coefficient (Wildman–Crippen LogP) is 2.75. The second-order valence-electron chi connectivity index (χ2n) is 6.92. The van der Waals surface area contributed by atoms with Crippen LogP contribution in [0.5, 0.6) is 11.5 Å². The van der Waals surface area contributed by atoms with Crippen molar-refractivity contribution in [3.05, 3.63) is 87.5 Å². The fourth-order valence-corrected chi connectivity index (χ4v) is 3.30. The third-order valence-corrected chi connectivity index (χ3v) is 4.83. The van der Waals surface area contributed by atoms with E-state index in [0.717, 1.165) is 30.4 Å². The smallest absolute Gasteiger partial charge is 0.339 e. The zero-order valence-corrected chi connectivity index (χ0v) is 16.5. The first kappa shape index (κ1) is 22.0. The van der Waals surface area contributed by atoms with Crippen molar-refractivity contribution in [2.24, 2.45) is 0 Å². The van der Waals surface area contributed by atoms with E-state index in [0.29, 0.717) is 0 Å². The van der Waals surface area contributed by atoms with E-state index >= 15 is 0 Å². The van der Waals surface area contributed by atoms with Crippen molar-refractivity contribution in [3.63, 3.8) is 0 Å². The van der Waals surface area contributed by atoms with Gasteiger partial charge in [-0.1, -0.05) is 12.1 Å². The number of aliphatic carboxylic acids is 1. The van der Waals surface area contributed by atoms with Gasteiger partial charge in [-0.3, -0.25) is 4.79 Å². The van der Waals surface area contributed by atoms with Gasteiger partial charge in [-0.15, -0.1) is 0 Å². The maximum absolute atomic E-state index is 11.9. The Labute approximate surface area is 180 Å². The van der Waals surface area contributed by atoms with Gasteiger partial charge in [0.05, 0.1) is 0 Å². The molecule has 1 aliphatic rings. The summed E-state index contributed by atoms with van der Waals surface area (Å²) < 4.78 is 0. The van der Waals surface area contributed by atoms with Gasteiger partial charge in [-0.2, -0.15) is 0 Å². The molecule has 0 aromatic heterocycles. The summed E-state index contributed by atoms with van der Waals surface area (Å²) in [6.07, 6.45) is 3.44. The van der Waals surface area contributed by atoms with Crippen molar-refractivity contribution in [2.45, 2.75) is 6.92 Å². The minimum Gasteiger partial charge on any atom is -0.507 e. The summed E-state index contributed by atoms with van der Waals surface area (Å²) >= 11 is 0. The Hall–Kier alpha value is -4.66. The molecule has 9 nitrogen and oxygen atoms in total. The zero-order chi connectivity index (χ0) is 23.7. The van der Waals surface area contributed by atoms with Gasteiger partial charge in [0.15, 0.2) is 5.78 Å². The first-order valence-electron chi connectivity index (χ1n) is 9.07. The van der Waals surface area contributed by atoms with Crippen LogP contribution in [0.15, 0.2) is 59.7 Å². The summed E-state index contributed by atoms with van der Waals surface area (Å²) in [4.78, 5) is 46.5. The SMILES string of the molecule is Cc1cc(/C(=C2\C=CC(=O)C(C(=O)O)=C2)c2ccc(O)c(C(=O)O)c2)cc(C(=O)O)c1O. The molecular weight excluding hydrogens is 420 g/mol. The Morgan fingerprint density at radius 3 is 2.00 bits per heavy atom. The van der Waals surface area contributed by atoms with Crippen LogP contribution in [-0.4, -0.2) is 49.2 Å². The highest BCUT2D eigenvalue weighted by Gasteiger charge is 2.23. The van der Waals surface area contributed by atoms with Crippen molar-refractivity contribution in [1.82, 2.24) is 0 Å². The van der Waals surface area contributed by atoms with Crippen LogP contribution in [0, 0.1) is 6.92 Å². The molecule has 0 radical (unpaired) electrons. The van der Waals surface area contributed by atoms with Gasteiger partial charge in [-0.05, 0) is 71.2 Å². The molecule has 1 aliphatic carbocycles. The quantitative estimate of drug-likeness (QED) is 0.442. The first-order chi connectivity index (χ1) is 15.0. The summed E-state index contributed by atoms with van der Waals surface area (Å²) in [6.45, 7) is 1.46. The van der Waals surface area contributed by atoms with Crippen LogP contribution in [0.2, 0.25) is 0 Å². The number of carboxylic acids is 3. The zero-order valence-electron chi connectivity index (χ0n) is 16.5. The van der Waals surface area contributed by atoms with Crippen molar-refractivity contribution < 1.29 is 44.7 Å². The summed E-state index contributed by atoms with van der Waals surface area (Å²) in [5, 5.41) is 48.1. The van der Waals surface area contributed by atoms with E-state index in [9.17, 15) is 44.7 Å². The topological polar surface area (TPSA) is 169 Å². The average molecular weight is 436 g/mol. The Morgan fingerprint density at radius 2 is 1.41 bits per heavy atom. The van der Waals surface area contributed by atoms with Gasteiger partial charge in [0, 0.05) is 0 Å². The molecule has 32 heavy (non-hydrogen) atoms. The maximum Gasteiger partial charge on any atom is 0.339 e. The van der Waals surface area contributed by atoms with Crippen LogP contribution < -0.4 is 0 Å². The number of carboxylic acid groups (broad SMARTS) is 3. The van der Waals surface area contributed by atoms with Crippen LogP contribution in [0.1, 0.15) is 37.4 Å². The lowest BCUT2D eigenvalue weighted by molar-refractivity contribution is -0.134. The number of aromatic hydroxyl groups is 2. The monoisotopic (exact) mass is 436 g/mol. The number of carbonyl (C=O) groups excluding carboxylic acids is 1. The fraction of sp³-hybridized carbons (Fsp3) is 0.0435. The molecule has 0 amide bonds. The number of benzene rings is 2.